The first-order chi connectivity index (χ1) is 17.9. The van der Waals surface area contributed by atoms with Crippen LogP contribution in [0.1, 0.15) is 65.5 Å². The van der Waals surface area contributed by atoms with E-state index < -0.39 is 22.8 Å². The molecule has 2 aromatic rings. The average molecular weight is 507 g/mol. The average Bonchev–Trinajstić information content (AvgIpc) is 3.89. The summed E-state index contributed by atoms with van der Waals surface area (Å²) in [4.78, 5) is 0. The summed E-state index contributed by atoms with van der Waals surface area (Å²) in [5.41, 5.74) is 0.105. The first kappa shape index (κ1) is 27.4. The lowest BCUT2D eigenvalue weighted by atomic mass is 9.71. The highest BCUT2D eigenvalue weighted by Gasteiger charge is 2.76. The van der Waals surface area contributed by atoms with Gasteiger partial charge in [0.05, 0.1) is 12.5 Å². The molecule has 37 heavy (non-hydrogen) atoms. The second-order valence-corrected chi connectivity index (χ2v) is 10.2. The van der Waals surface area contributed by atoms with E-state index >= 15 is 0 Å². The number of ether oxygens (including phenoxy) is 5. The molecule has 4 rings (SSSR count). The Kier molecular flexibility index (Phi) is 8.17. The molecule has 2 saturated heterocycles. The van der Waals surface area contributed by atoms with Crippen LogP contribution in [0.5, 0.6) is 0 Å². The molecule has 0 N–H and O–H groups in total. The standard InChI is InChI=1S/C32H42O5/c1-7-21-33-29(23-35-29)31(25(5)9-3,27-17-13-11-14-18-27)37-32(26(6)10-4,28-19-15-12-16-20-28)30(24-36-30)34-22-8-2/h7-8,11-22,25-26H,9-10,23-24H2,1-6H3. The lowest BCUT2D eigenvalue weighted by Crippen LogP contribution is -2.61. The summed E-state index contributed by atoms with van der Waals surface area (Å²) in [7, 11) is 0. The van der Waals surface area contributed by atoms with E-state index in [1.807, 2.05) is 38.1 Å². The van der Waals surface area contributed by atoms with Gasteiger partial charge in [0, 0.05) is 0 Å². The van der Waals surface area contributed by atoms with Crippen LogP contribution < -0.4 is 0 Å². The fourth-order valence-electron chi connectivity index (χ4n) is 5.66. The van der Waals surface area contributed by atoms with Crippen molar-refractivity contribution in [3.05, 3.63) is 96.5 Å². The summed E-state index contributed by atoms with van der Waals surface area (Å²) in [5.74, 6) is -1.90. The maximum Gasteiger partial charge on any atom is 0.267 e. The molecule has 0 aromatic heterocycles. The van der Waals surface area contributed by atoms with Crippen LogP contribution in [0.4, 0.5) is 0 Å². The third-order valence-electron chi connectivity index (χ3n) is 8.07. The predicted octanol–water partition coefficient (Wildman–Crippen LogP) is 7.44. The van der Waals surface area contributed by atoms with E-state index in [2.05, 4.69) is 76.2 Å². The number of hydrogen-bond acceptors (Lipinski definition) is 5. The molecule has 0 amide bonds. The third kappa shape index (κ3) is 4.52. The Morgan fingerprint density at radius 2 is 1.08 bits per heavy atom. The second-order valence-electron chi connectivity index (χ2n) is 10.2. The van der Waals surface area contributed by atoms with Gasteiger partial charge in [-0.15, -0.1) is 0 Å². The lowest BCUT2D eigenvalue weighted by molar-refractivity contribution is -0.325. The molecular weight excluding hydrogens is 464 g/mol. The molecule has 0 bridgehead atoms. The fraction of sp³-hybridized carbons (Fsp3) is 0.500. The van der Waals surface area contributed by atoms with Gasteiger partial charge < -0.3 is 23.7 Å². The van der Waals surface area contributed by atoms with Gasteiger partial charge in [0.15, 0.2) is 11.2 Å². The maximum atomic E-state index is 7.78. The van der Waals surface area contributed by atoms with E-state index in [0.29, 0.717) is 13.2 Å². The first-order valence-corrected chi connectivity index (χ1v) is 13.6. The Morgan fingerprint density at radius 1 is 0.730 bits per heavy atom. The summed E-state index contributed by atoms with van der Waals surface area (Å²) in [6, 6.07) is 20.7. The Labute approximate surface area is 222 Å². The van der Waals surface area contributed by atoms with Gasteiger partial charge in [0.1, 0.15) is 13.2 Å². The largest absolute Gasteiger partial charge is 0.464 e. The van der Waals surface area contributed by atoms with Gasteiger partial charge >= 0.3 is 0 Å². The van der Waals surface area contributed by atoms with Gasteiger partial charge in [-0.05, 0) is 36.8 Å². The summed E-state index contributed by atoms with van der Waals surface area (Å²) in [6.07, 6.45) is 8.90. The molecule has 5 nitrogen and oxygen atoms in total. The van der Waals surface area contributed by atoms with Crippen molar-refractivity contribution in [2.75, 3.05) is 13.2 Å². The summed E-state index contributed by atoms with van der Waals surface area (Å²) in [5, 5.41) is 0. The number of allylic oxidation sites excluding steroid dienone is 2. The zero-order valence-electron chi connectivity index (χ0n) is 23.1. The minimum absolute atomic E-state index is 0.0346. The topological polar surface area (TPSA) is 52.8 Å². The molecule has 0 radical (unpaired) electrons. The lowest BCUT2D eigenvalue weighted by Gasteiger charge is -2.52. The third-order valence-corrected chi connectivity index (χ3v) is 8.07. The van der Waals surface area contributed by atoms with E-state index in [4.69, 9.17) is 23.7 Å². The van der Waals surface area contributed by atoms with Crippen LogP contribution >= 0.6 is 0 Å². The Morgan fingerprint density at radius 3 is 1.35 bits per heavy atom. The van der Waals surface area contributed by atoms with Crippen molar-refractivity contribution in [3.8, 4) is 0 Å². The summed E-state index contributed by atoms with van der Waals surface area (Å²) < 4.78 is 33.1. The monoisotopic (exact) mass is 506 g/mol. The van der Waals surface area contributed by atoms with Crippen molar-refractivity contribution in [2.24, 2.45) is 11.8 Å². The summed E-state index contributed by atoms with van der Waals surface area (Å²) in [6.45, 7) is 13.5. The highest BCUT2D eigenvalue weighted by Crippen LogP contribution is 2.62. The molecular formula is C32H42O5. The first-order valence-electron chi connectivity index (χ1n) is 13.6. The van der Waals surface area contributed by atoms with E-state index in [-0.39, 0.29) is 11.8 Å². The zero-order chi connectivity index (χ0) is 26.6. The molecule has 6 atom stereocenters. The number of epoxide rings is 2. The molecule has 2 aromatic carbocycles. The van der Waals surface area contributed by atoms with Gasteiger partial charge in [-0.3, -0.25) is 0 Å². The van der Waals surface area contributed by atoms with E-state index in [9.17, 15) is 0 Å². The van der Waals surface area contributed by atoms with Gasteiger partial charge in [-0.1, -0.05) is 113 Å². The van der Waals surface area contributed by atoms with Crippen LogP contribution in [0.3, 0.4) is 0 Å². The molecule has 6 unspecified atom stereocenters. The van der Waals surface area contributed by atoms with Crippen LogP contribution in [0.2, 0.25) is 0 Å². The normalized spacial score (nSPS) is 27.8. The molecule has 2 fully saturated rings. The molecule has 2 heterocycles. The highest BCUT2D eigenvalue weighted by atomic mass is 16.8. The molecule has 0 saturated carbocycles. The van der Waals surface area contributed by atoms with Crippen molar-refractivity contribution in [3.63, 3.8) is 0 Å². The van der Waals surface area contributed by atoms with Crippen LogP contribution in [-0.4, -0.2) is 24.8 Å². The Hall–Kier alpha value is -2.60. The van der Waals surface area contributed by atoms with E-state index in [1.54, 1.807) is 12.5 Å². The quantitative estimate of drug-likeness (QED) is 0.197. The minimum atomic E-state index is -0.986. The molecule has 0 spiro atoms. The predicted molar refractivity (Wildman–Crippen MR) is 145 cm³/mol. The van der Waals surface area contributed by atoms with Gasteiger partial charge in [-0.2, -0.15) is 0 Å². The Bertz CT molecular complexity index is 972. The maximum absolute atomic E-state index is 7.78. The second kappa shape index (κ2) is 11.0. The van der Waals surface area contributed by atoms with Crippen LogP contribution in [0, 0.1) is 11.8 Å². The number of hydrogen-bond donors (Lipinski definition) is 0. The van der Waals surface area contributed by atoms with Crippen molar-refractivity contribution in [1.82, 2.24) is 0 Å². The summed E-state index contributed by atoms with van der Waals surface area (Å²) >= 11 is 0. The van der Waals surface area contributed by atoms with Gasteiger partial charge in [0.25, 0.3) is 11.6 Å². The fourth-order valence-corrected chi connectivity index (χ4v) is 5.66. The van der Waals surface area contributed by atoms with Crippen molar-refractivity contribution in [2.45, 2.75) is 77.2 Å². The number of benzene rings is 2. The van der Waals surface area contributed by atoms with Gasteiger partial charge in [0.2, 0.25) is 0 Å². The van der Waals surface area contributed by atoms with Crippen molar-refractivity contribution < 1.29 is 23.7 Å². The number of rotatable bonds is 14. The SMILES string of the molecule is CC=COC1(C(OC(c2ccccc2)(C(C)CC)C2(OC=CC)CO2)(c2ccccc2)C(C)CC)CO1. The molecule has 2 aliphatic heterocycles. The van der Waals surface area contributed by atoms with Crippen LogP contribution in [0.15, 0.2) is 85.3 Å². The molecule has 5 heteroatoms. The zero-order valence-corrected chi connectivity index (χ0v) is 23.1. The van der Waals surface area contributed by atoms with Crippen molar-refractivity contribution >= 4 is 0 Å². The van der Waals surface area contributed by atoms with Crippen LogP contribution in [0.25, 0.3) is 0 Å². The minimum Gasteiger partial charge on any atom is -0.464 e. The smallest absolute Gasteiger partial charge is 0.267 e. The molecule has 2 aliphatic rings. The molecule has 200 valence electrons. The van der Waals surface area contributed by atoms with Crippen molar-refractivity contribution in [1.29, 1.82) is 0 Å². The van der Waals surface area contributed by atoms with E-state index in [1.165, 1.54) is 0 Å². The van der Waals surface area contributed by atoms with Crippen LogP contribution in [-0.2, 0) is 34.9 Å². The van der Waals surface area contributed by atoms with E-state index in [0.717, 1.165) is 24.0 Å². The highest BCUT2D eigenvalue weighted by molar-refractivity contribution is 5.35. The Balaban J connectivity index is 2.04. The van der Waals surface area contributed by atoms with Gasteiger partial charge in [-0.25, -0.2) is 0 Å². The molecule has 0 aliphatic carbocycles.